The minimum absolute atomic E-state index is 0.0875. The number of rotatable bonds is 4. The number of oxime groups is 1. The molecule has 6 heteroatoms. The van der Waals surface area contributed by atoms with Gasteiger partial charge in [0.1, 0.15) is 6.61 Å². The fraction of sp³-hybridized carbons (Fsp3) is 0.143. The lowest BCUT2D eigenvalue weighted by Gasteiger charge is -2.09. The van der Waals surface area contributed by atoms with Crippen molar-refractivity contribution in [2.45, 2.75) is 13.5 Å². The maximum atomic E-state index is 13.8. The highest BCUT2D eigenvalue weighted by atomic mass is 19.1. The van der Waals surface area contributed by atoms with Gasteiger partial charge in [-0.05, 0) is 36.8 Å². The van der Waals surface area contributed by atoms with E-state index < -0.39 is 5.82 Å². The lowest BCUT2D eigenvalue weighted by atomic mass is 10.2. The van der Waals surface area contributed by atoms with Crippen LogP contribution in [-0.2, 0) is 6.61 Å². The van der Waals surface area contributed by atoms with Crippen LogP contribution in [0.5, 0.6) is 5.75 Å². The number of halogens is 1. The van der Waals surface area contributed by atoms with Gasteiger partial charge in [0.05, 0.1) is 5.69 Å². The Hall–Kier alpha value is -2.63. The van der Waals surface area contributed by atoms with Crippen LogP contribution in [0.15, 0.2) is 41.7 Å². The standard InChI is InChI=1S/C14H14FN3O2/c1-9-3-2-6-17-12(9)8-20-13-5-4-10(7-11(13)15)14(16)18-19/h2-7,19H,8H2,1H3,(H2,16,18). The zero-order valence-electron chi connectivity index (χ0n) is 10.9. The second kappa shape index (κ2) is 6.01. The van der Waals surface area contributed by atoms with Crippen molar-refractivity contribution in [3.05, 3.63) is 59.2 Å². The number of ether oxygens (including phenoxy) is 1. The number of nitrogens with two attached hydrogens (primary N) is 1. The summed E-state index contributed by atoms with van der Waals surface area (Å²) >= 11 is 0. The number of benzene rings is 1. The molecular formula is C14H14FN3O2. The average Bonchev–Trinajstić information content (AvgIpc) is 2.46. The molecule has 1 aromatic carbocycles. The molecule has 3 N–H and O–H groups in total. The highest BCUT2D eigenvalue weighted by Gasteiger charge is 2.08. The smallest absolute Gasteiger partial charge is 0.170 e. The highest BCUT2D eigenvalue weighted by molar-refractivity contribution is 5.97. The molecule has 1 aromatic heterocycles. The summed E-state index contributed by atoms with van der Waals surface area (Å²) in [4.78, 5) is 4.16. The van der Waals surface area contributed by atoms with Crippen LogP contribution >= 0.6 is 0 Å². The third-order valence-electron chi connectivity index (χ3n) is 2.82. The molecule has 0 unspecified atom stereocenters. The lowest BCUT2D eigenvalue weighted by molar-refractivity contribution is 0.285. The van der Waals surface area contributed by atoms with Crippen molar-refractivity contribution in [3.8, 4) is 5.75 Å². The van der Waals surface area contributed by atoms with Gasteiger partial charge in [0, 0.05) is 11.8 Å². The van der Waals surface area contributed by atoms with Crippen molar-refractivity contribution in [2.24, 2.45) is 10.9 Å². The molecule has 0 aliphatic carbocycles. The topological polar surface area (TPSA) is 80.7 Å². The summed E-state index contributed by atoms with van der Waals surface area (Å²) in [6.45, 7) is 2.08. The van der Waals surface area contributed by atoms with Crippen molar-refractivity contribution >= 4 is 5.84 Å². The van der Waals surface area contributed by atoms with Gasteiger partial charge >= 0.3 is 0 Å². The van der Waals surface area contributed by atoms with Crippen LogP contribution in [0.2, 0.25) is 0 Å². The molecule has 5 nitrogen and oxygen atoms in total. The molecule has 0 spiro atoms. The highest BCUT2D eigenvalue weighted by Crippen LogP contribution is 2.19. The maximum absolute atomic E-state index is 13.8. The molecule has 104 valence electrons. The van der Waals surface area contributed by atoms with Gasteiger partial charge in [0.2, 0.25) is 0 Å². The van der Waals surface area contributed by atoms with Gasteiger partial charge in [0.25, 0.3) is 0 Å². The minimum Gasteiger partial charge on any atom is -0.484 e. The number of aromatic nitrogens is 1. The summed E-state index contributed by atoms with van der Waals surface area (Å²) in [5.74, 6) is -0.650. The summed E-state index contributed by atoms with van der Waals surface area (Å²) < 4.78 is 19.2. The molecular weight excluding hydrogens is 261 g/mol. The van der Waals surface area contributed by atoms with Crippen molar-refractivity contribution in [2.75, 3.05) is 0 Å². The van der Waals surface area contributed by atoms with E-state index in [1.54, 1.807) is 6.20 Å². The molecule has 20 heavy (non-hydrogen) atoms. The Morgan fingerprint density at radius 2 is 2.25 bits per heavy atom. The molecule has 0 saturated heterocycles. The quantitative estimate of drug-likeness (QED) is 0.388. The number of aryl methyl sites for hydroxylation is 1. The van der Waals surface area contributed by atoms with Crippen molar-refractivity contribution < 1.29 is 14.3 Å². The van der Waals surface area contributed by atoms with E-state index in [0.29, 0.717) is 0 Å². The Balaban J connectivity index is 2.13. The molecule has 0 saturated carbocycles. The fourth-order valence-corrected chi connectivity index (χ4v) is 1.65. The van der Waals surface area contributed by atoms with E-state index >= 15 is 0 Å². The number of nitrogens with zero attached hydrogens (tertiary/aromatic N) is 2. The second-order valence-corrected chi connectivity index (χ2v) is 4.19. The van der Waals surface area contributed by atoms with E-state index in [-0.39, 0.29) is 23.8 Å². The molecule has 0 aliphatic rings. The molecule has 0 amide bonds. The Labute approximate surface area is 115 Å². The molecule has 0 radical (unpaired) electrons. The van der Waals surface area contributed by atoms with Gasteiger partial charge in [-0.1, -0.05) is 11.2 Å². The normalized spacial score (nSPS) is 11.4. The first-order chi connectivity index (χ1) is 9.61. The van der Waals surface area contributed by atoms with Gasteiger partial charge in [0.15, 0.2) is 17.4 Å². The largest absolute Gasteiger partial charge is 0.484 e. The monoisotopic (exact) mass is 275 g/mol. The van der Waals surface area contributed by atoms with Gasteiger partial charge in [-0.2, -0.15) is 0 Å². The van der Waals surface area contributed by atoms with E-state index in [9.17, 15) is 4.39 Å². The summed E-state index contributed by atoms with van der Waals surface area (Å²) in [6.07, 6.45) is 1.66. The second-order valence-electron chi connectivity index (χ2n) is 4.19. The molecule has 0 atom stereocenters. The van der Waals surface area contributed by atoms with Crippen LogP contribution in [0.25, 0.3) is 0 Å². The third-order valence-corrected chi connectivity index (χ3v) is 2.82. The molecule has 0 fully saturated rings. The Bertz CT molecular complexity index is 644. The molecule has 2 rings (SSSR count). The summed E-state index contributed by atoms with van der Waals surface area (Å²) in [5, 5.41) is 11.3. The maximum Gasteiger partial charge on any atom is 0.170 e. The number of hydrogen-bond acceptors (Lipinski definition) is 4. The number of hydrogen-bond donors (Lipinski definition) is 2. The zero-order chi connectivity index (χ0) is 14.5. The van der Waals surface area contributed by atoms with Gasteiger partial charge < -0.3 is 15.7 Å². The zero-order valence-corrected chi connectivity index (χ0v) is 10.9. The summed E-state index contributed by atoms with van der Waals surface area (Å²) in [5.41, 5.74) is 7.38. The van der Waals surface area contributed by atoms with Gasteiger partial charge in [-0.25, -0.2) is 4.39 Å². The Morgan fingerprint density at radius 1 is 1.45 bits per heavy atom. The molecule has 2 aromatic rings. The van der Waals surface area contributed by atoms with Crippen molar-refractivity contribution in [1.82, 2.24) is 4.98 Å². The van der Waals surface area contributed by atoms with Crippen molar-refractivity contribution in [1.29, 1.82) is 0 Å². The molecule has 1 heterocycles. The average molecular weight is 275 g/mol. The lowest BCUT2D eigenvalue weighted by Crippen LogP contribution is -2.13. The molecule has 0 bridgehead atoms. The fourth-order valence-electron chi connectivity index (χ4n) is 1.65. The summed E-state index contributed by atoms with van der Waals surface area (Å²) in [7, 11) is 0. The predicted molar refractivity (Wildman–Crippen MR) is 72.2 cm³/mol. The number of pyridine rings is 1. The van der Waals surface area contributed by atoms with Crippen LogP contribution < -0.4 is 10.5 Å². The predicted octanol–water partition coefficient (Wildman–Crippen LogP) is 2.20. The minimum atomic E-state index is -0.581. The summed E-state index contributed by atoms with van der Waals surface area (Å²) in [6, 6.07) is 7.82. The van der Waals surface area contributed by atoms with Crippen LogP contribution in [0, 0.1) is 12.7 Å². The van der Waals surface area contributed by atoms with E-state index in [0.717, 1.165) is 17.3 Å². The first-order valence-corrected chi connectivity index (χ1v) is 5.92. The Kier molecular flexibility index (Phi) is 4.14. The Morgan fingerprint density at radius 3 is 2.90 bits per heavy atom. The SMILES string of the molecule is Cc1cccnc1COc1ccc(/C(N)=N/O)cc1F. The third kappa shape index (κ3) is 3.03. The van der Waals surface area contributed by atoms with Crippen LogP contribution in [0.4, 0.5) is 4.39 Å². The van der Waals surface area contributed by atoms with E-state index in [2.05, 4.69) is 10.1 Å². The first kappa shape index (κ1) is 13.8. The van der Waals surface area contributed by atoms with E-state index in [1.165, 1.54) is 12.1 Å². The van der Waals surface area contributed by atoms with Gasteiger partial charge in [-0.3, -0.25) is 4.98 Å². The van der Waals surface area contributed by atoms with Gasteiger partial charge in [-0.15, -0.1) is 0 Å². The van der Waals surface area contributed by atoms with Crippen LogP contribution in [0.3, 0.4) is 0 Å². The number of amidine groups is 1. The van der Waals surface area contributed by atoms with E-state index in [4.69, 9.17) is 15.7 Å². The van der Waals surface area contributed by atoms with Crippen molar-refractivity contribution in [3.63, 3.8) is 0 Å². The first-order valence-electron chi connectivity index (χ1n) is 5.92. The van der Waals surface area contributed by atoms with Crippen LogP contribution in [0.1, 0.15) is 16.8 Å². The van der Waals surface area contributed by atoms with Crippen LogP contribution in [-0.4, -0.2) is 16.0 Å². The van der Waals surface area contributed by atoms with E-state index in [1.807, 2.05) is 19.1 Å². The molecule has 0 aliphatic heterocycles.